The zero-order valence-electron chi connectivity index (χ0n) is 11.2. The van der Waals surface area contributed by atoms with Gasteiger partial charge in [0.15, 0.2) is 0 Å². The van der Waals surface area contributed by atoms with Gasteiger partial charge in [0.25, 0.3) is 0 Å². The molecule has 0 bridgehead atoms. The summed E-state index contributed by atoms with van der Waals surface area (Å²) in [5.41, 5.74) is 0.818. The SMILES string of the molecule is CC1CCOC1C(=O)NCc1sccc1/C=C/C(=O)O. The topological polar surface area (TPSA) is 75.6 Å². The van der Waals surface area contributed by atoms with Gasteiger partial charge in [-0.25, -0.2) is 4.79 Å². The first-order chi connectivity index (χ1) is 9.58. The van der Waals surface area contributed by atoms with Crippen LogP contribution < -0.4 is 5.32 Å². The molecule has 1 aliphatic rings. The second-order valence-electron chi connectivity index (χ2n) is 4.75. The van der Waals surface area contributed by atoms with Gasteiger partial charge < -0.3 is 15.2 Å². The molecule has 0 aliphatic carbocycles. The van der Waals surface area contributed by atoms with Crippen molar-refractivity contribution < 1.29 is 19.4 Å². The molecular weight excluding hydrogens is 278 g/mol. The summed E-state index contributed by atoms with van der Waals surface area (Å²) in [6.45, 7) is 3.02. The summed E-state index contributed by atoms with van der Waals surface area (Å²) in [4.78, 5) is 23.4. The number of thiophene rings is 1. The van der Waals surface area contributed by atoms with Gasteiger partial charge in [0.05, 0.1) is 6.54 Å². The lowest BCUT2D eigenvalue weighted by Crippen LogP contribution is -2.36. The largest absolute Gasteiger partial charge is 0.478 e. The van der Waals surface area contributed by atoms with E-state index in [1.54, 1.807) is 0 Å². The van der Waals surface area contributed by atoms with E-state index in [2.05, 4.69) is 5.32 Å². The molecule has 6 heteroatoms. The monoisotopic (exact) mass is 295 g/mol. The van der Waals surface area contributed by atoms with Crippen LogP contribution in [0.3, 0.4) is 0 Å². The first-order valence-corrected chi connectivity index (χ1v) is 7.32. The average Bonchev–Trinajstić information content (AvgIpc) is 3.02. The molecule has 0 radical (unpaired) electrons. The van der Waals surface area contributed by atoms with E-state index in [0.717, 1.165) is 22.9 Å². The van der Waals surface area contributed by atoms with Crippen LogP contribution in [0.25, 0.3) is 6.08 Å². The second kappa shape index (κ2) is 6.67. The molecule has 1 fully saturated rings. The highest BCUT2D eigenvalue weighted by atomic mass is 32.1. The van der Waals surface area contributed by atoms with Crippen molar-refractivity contribution in [2.24, 2.45) is 5.92 Å². The van der Waals surface area contributed by atoms with Gasteiger partial charge in [-0.05, 0) is 35.4 Å². The third-order valence-corrected chi connectivity index (χ3v) is 4.19. The van der Waals surface area contributed by atoms with Gasteiger partial charge in [0.2, 0.25) is 5.91 Å². The van der Waals surface area contributed by atoms with E-state index in [-0.39, 0.29) is 17.9 Å². The summed E-state index contributed by atoms with van der Waals surface area (Å²) in [7, 11) is 0. The molecule has 0 saturated carbocycles. The molecule has 1 aromatic rings. The molecule has 2 N–H and O–H groups in total. The summed E-state index contributed by atoms with van der Waals surface area (Å²) in [5.74, 6) is -0.847. The first-order valence-electron chi connectivity index (χ1n) is 6.44. The Morgan fingerprint density at radius 2 is 2.40 bits per heavy atom. The molecule has 108 valence electrons. The third kappa shape index (κ3) is 3.68. The number of carboxylic acids is 1. The predicted octanol–water partition coefficient (Wildman–Crippen LogP) is 1.89. The summed E-state index contributed by atoms with van der Waals surface area (Å²) in [6, 6.07) is 1.83. The van der Waals surface area contributed by atoms with E-state index >= 15 is 0 Å². The van der Waals surface area contributed by atoms with Crippen LogP contribution in [-0.4, -0.2) is 29.7 Å². The van der Waals surface area contributed by atoms with Crippen molar-refractivity contribution in [2.45, 2.75) is 26.0 Å². The number of hydrogen-bond acceptors (Lipinski definition) is 4. The van der Waals surface area contributed by atoms with Crippen molar-refractivity contribution in [1.29, 1.82) is 0 Å². The van der Waals surface area contributed by atoms with Crippen molar-refractivity contribution in [2.75, 3.05) is 6.61 Å². The minimum Gasteiger partial charge on any atom is -0.478 e. The Kier molecular flexibility index (Phi) is 4.92. The summed E-state index contributed by atoms with van der Waals surface area (Å²) < 4.78 is 5.41. The first kappa shape index (κ1) is 14.7. The highest BCUT2D eigenvalue weighted by molar-refractivity contribution is 7.10. The fourth-order valence-corrected chi connectivity index (χ4v) is 2.91. The van der Waals surface area contributed by atoms with Gasteiger partial charge >= 0.3 is 5.97 Å². The molecule has 2 rings (SSSR count). The van der Waals surface area contributed by atoms with Gasteiger partial charge in [-0.3, -0.25) is 4.79 Å². The maximum atomic E-state index is 12.0. The maximum absolute atomic E-state index is 12.0. The van der Waals surface area contributed by atoms with Gasteiger partial charge in [0, 0.05) is 17.6 Å². The van der Waals surface area contributed by atoms with Crippen LogP contribution in [0.4, 0.5) is 0 Å². The molecule has 1 aromatic heterocycles. The number of carbonyl (C=O) groups excluding carboxylic acids is 1. The minimum atomic E-state index is -0.987. The second-order valence-corrected chi connectivity index (χ2v) is 5.75. The molecule has 1 saturated heterocycles. The normalized spacial score (nSPS) is 22.2. The van der Waals surface area contributed by atoms with Crippen molar-refractivity contribution in [3.8, 4) is 0 Å². The lowest BCUT2D eigenvalue weighted by Gasteiger charge is -2.14. The molecular formula is C14H17NO4S. The zero-order chi connectivity index (χ0) is 14.5. The maximum Gasteiger partial charge on any atom is 0.328 e. The summed E-state index contributed by atoms with van der Waals surface area (Å²) >= 11 is 1.49. The molecule has 2 heterocycles. The standard InChI is InChI=1S/C14H17NO4S/c1-9-4-6-19-13(9)14(18)15-8-11-10(5-7-20-11)2-3-12(16)17/h2-3,5,7,9,13H,4,6,8H2,1H3,(H,15,18)(H,16,17)/b3-2+. The predicted molar refractivity (Wildman–Crippen MR) is 76.4 cm³/mol. The van der Waals surface area contributed by atoms with Gasteiger partial charge in [0.1, 0.15) is 6.10 Å². The number of ether oxygens (including phenoxy) is 1. The highest BCUT2D eigenvalue weighted by Crippen LogP contribution is 2.21. The molecule has 20 heavy (non-hydrogen) atoms. The highest BCUT2D eigenvalue weighted by Gasteiger charge is 2.30. The Bertz CT molecular complexity index is 523. The quantitative estimate of drug-likeness (QED) is 0.813. The van der Waals surface area contributed by atoms with E-state index in [9.17, 15) is 9.59 Å². The number of aliphatic carboxylic acids is 1. The van der Waals surface area contributed by atoms with E-state index in [0.29, 0.717) is 13.2 Å². The summed E-state index contributed by atoms with van der Waals surface area (Å²) in [6.07, 6.45) is 3.17. The molecule has 2 atom stereocenters. The number of amides is 1. The van der Waals surface area contributed by atoms with E-state index in [1.165, 1.54) is 17.4 Å². The smallest absolute Gasteiger partial charge is 0.328 e. The average molecular weight is 295 g/mol. The fraction of sp³-hybridized carbons (Fsp3) is 0.429. The summed E-state index contributed by atoms with van der Waals surface area (Å²) in [5, 5.41) is 13.3. The molecule has 1 amide bonds. The molecule has 2 unspecified atom stereocenters. The number of carbonyl (C=O) groups is 2. The van der Waals surface area contributed by atoms with Crippen LogP contribution in [-0.2, 0) is 20.9 Å². The Morgan fingerprint density at radius 1 is 1.60 bits per heavy atom. The van der Waals surface area contributed by atoms with Crippen LogP contribution in [0.5, 0.6) is 0 Å². The van der Waals surface area contributed by atoms with Crippen LogP contribution in [0.2, 0.25) is 0 Å². The van der Waals surface area contributed by atoms with Crippen molar-refractivity contribution in [1.82, 2.24) is 5.32 Å². The lowest BCUT2D eigenvalue weighted by molar-refractivity contribution is -0.132. The van der Waals surface area contributed by atoms with Gasteiger partial charge in [-0.15, -0.1) is 11.3 Å². The van der Waals surface area contributed by atoms with Crippen molar-refractivity contribution in [3.63, 3.8) is 0 Å². The fourth-order valence-electron chi connectivity index (χ4n) is 2.10. The number of hydrogen-bond donors (Lipinski definition) is 2. The molecule has 5 nitrogen and oxygen atoms in total. The minimum absolute atomic E-state index is 0.100. The third-order valence-electron chi connectivity index (χ3n) is 3.25. The lowest BCUT2D eigenvalue weighted by atomic mass is 10.0. The Balaban J connectivity index is 1.92. The number of nitrogens with one attached hydrogen (secondary N) is 1. The Labute approximate surface area is 121 Å². The molecule has 1 aliphatic heterocycles. The van der Waals surface area contributed by atoms with Crippen molar-refractivity contribution >= 4 is 29.3 Å². The van der Waals surface area contributed by atoms with Crippen molar-refractivity contribution in [3.05, 3.63) is 28.0 Å². The van der Waals surface area contributed by atoms with E-state index in [1.807, 2.05) is 18.4 Å². The van der Waals surface area contributed by atoms with Crippen LogP contribution >= 0.6 is 11.3 Å². The van der Waals surface area contributed by atoms with Crippen LogP contribution in [0.15, 0.2) is 17.5 Å². The number of rotatable bonds is 5. The molecule has 0 spiro atoms. The Morgan fingerprint density at radius 3 is 3.05 bits per heavy atom. The Hall–Kier alpha value is -1.66. The zero-order valence-corrected chi connectivity index (χ0v) is 12.0. The van der Waals surface area contributed by atoms with Crippen LogP contribution in [0, 0.1) is 5.92 Å². The van der Waals surface area contributed by atoms with Gasteiger partial charge in [-0.1, -0.05) is 6.92 Å². The van der Waals surface area contributed by atoms with Crippen LogP contribution in [0.1, 0.15) is 23.8 Å². The van der Waals surface area contributed by atoms with E-state index < -0.39 is 5.97 Å². The molecule has 0 aromatic carbocycles. The number of carboxylic acid groups (broad SMARTS) is 1. The van der Waals surface area contributed by atoms with E-state index in [4.69, 9.17) is 9.84 Å². The van der Waals surface area contributed by atoms with Gasteiger partial charge in [-0.2, -0.15) is 0 Å².